The zero-order valence-electron chi connectivity index (χ0n) is 12.7. The molecule has 1 aliphatic carbocycles. The molecule has 21 heavy (non-hydrogen) atoms. The van der Waals surface area contributed by atoms with Crippen LogP contribution in [0.4, 0.5) is 0 Å². The van der Waals surface area contributed by atoms with Crippen molar-refractivity contribution in [3.8, 4) is 0 Å². The first-order chi connectivity index (χ1) is 10.4. The van der Waals surface area contributed by atoms with Gasteiger partial charge in [-0.15, -0.1) is 0 Å². The van der Waals surface area contributed by atoms with Crippen LogP contribution in [-0.4, -0.2) is 23.0 Å². The van der Waals surface area contributed by atoms with Gasteiger partial charge in [0.15, 0.2) is 0 Å². The summed E-state index contributed by atoms with van der Waals surface area (Å²) < 4.78 is 0. The maximum Gasteiger partial charge on any atom is 0.0705 e. The van der Waals surface area contributed by atoms with E-state index in [2.05, 4.69) is 35.2 Å². The van der Waals surface area contributed by atoms with E-state index in [0.29, 0.717) is 5.92 Å². The third kappa shape index (κ3) is 2.82. The molecule has 2 aromatic rings. The quantitative estimate of drug-likeness (QED) is 0.823. The monoisotopic (exact) mass is 280 g/mol. The predicted octanol–water partition coefficient (Wildman–Crippen LogP) is 4.49. The smallest absolute Gasteiger partial charge is 0.0705 e. The fraction of sp³-hybridized carbons (Fsp3) is 0.526. The summed E-state index contributed by atoms with van der Waals surface area (Å²) in [5.74, 6) is 0.707. The van der Waals surface area contributed by atoms with Crippen molar-refractivity contribution in [3.63, 3.8) is 0 Å². The maximum atomic E-state index is 4.92. The number of hydrogen-bond acceptors (Lipinski definition) is 2. The fourth-order valence-corrected chi connectivity index (χ4v) is 3.94. The molecular weight excluding hydrogens is 256 g/mol. The molecule has 0 spiro atoms. The van der Waals surface area contributed by atoms with Gasteiger partial charge in [0.2, 0.25) is 0 Å². The fourth-order valence-electron chi connectivity index (χ4n) is 3.94. The molecule has 1 aromatic heterocycles. The number of hydrogen-bond donors (Lipinski definition) is 0. The molecule has 1 aromatic carbocycles. The molecule has 1 aliphatic heterocycles. The Hall–Kier alpha value is -1.41. The van der Waals surface area contributed by atoms with E-state index in [4.69, 9.17) is 4.98 Å². The van der Waals surface area contributed by atoms with Crippen molar-refractivity contribution >= 4 is 10.9 Å². The van der Waals surface area contributed by atoms with Crippen molar-refractivity contribution < 1.29 is 0 Å². The molecule has 4 rings (SSSR count). The minimum absolute atomic E-state index is 0.707. The first kappa shape index (κ1) is 13.3. The minimum atomic E-state index is 0.707. The van der Waals surface area contributed by atoms with Crippen LogP contribution in [0.5, 0.6) is 0 Å². The van der Waals surface area contributed by atoms with Crippen molar-refractivity contribution in [2.75, 3.05) is 13.1 Å². The molecule has 110 valence electrons. The summed E-state index contributed by atoms with van der Waals surface area (Å²) >= 11 is 0. The summed E-state index contributed by atoms with van der Waals surface area (Å²) in [6, 6.07) is 11.4. The van der Waals surface area contributed by atoms with Gasteiger partial charge in [0.05, 0.1) is 5.52 Å². The predicted molar refractivity (Wildman–Crippen MR) is 87.5 cm³/mol. The number of likely N-dealkylation sites (tertiary alicyclic amines) is 1. The second-order valence-corrected chi connectivity index (χ2v) is 6.73. The molecule has 1 saturated heterocycles. The number of pyridine rings is 1. The van der Waals surface area contributed by atoms with Gasteiger partial charge >= 0.3 is 0 Å². The Balaban J connectivity index is 1.58. The molecule has 2 heteroatoms. The Kier molecular flexibility index (Phi) is 3.64. The van der Waals surface area contributed by atoms with Gasteiger partial charge in [-0.25, -0.2) is 0 Å². The van der Waals surface area contributed by atoms with Crippen LogP contribution in [0.3, 0.4) is 0 Å². The first-order valence-electron chi connectivity index (χ1n) is 8.50. The molecule has 2 aliphatic rings. The van der Waals surface area contributed by atoms with E-state index in [1.165, 1.54) is 73.8 Å². The van der Waals surface area contributed by atoms with Gasteiger partial charge in [0.1, 0.15) is 0 Å². The molecule has 0 N–H and O–H groups in total. The van der Waals surface area contributed by atoms with Crippen LogP contribution in [-0.2, 0) is 6.54 Å². The summed E-state index contributed by atoms with van der Waals surface area (Å²) in [7, 11) is 0. The largest absolute Gasteiger partial charge is 0.299 e. The topological polar surface area (TPSA) is 16.1 Å². The van der Waals surface area contributed by atoms with Crippen LogP contribution in [0.1, 0.15) is 55.7 Å². The lowest BCUT2D eigenvalue weighted by atomic mass is 10.0. The van der Waals surface area contributed by atoms with Crippen molar-refractivity contribution in [1.82, 2.24) is 9.88 Å². The minimum Gasteiger partial charge on any atom is -0.299 e. The Morgan fingerprint density at radius 1 is 0.952 bits per heavy atom. The molecule has 0 unspecified atom stereocenters. The van der Waals surface area contributed by atoms with Crippen LogP contribution >= 0.6 is 0 Å². The van der Waals surface area contributed by atoms with E-state index < -0.39 is 0 Å². The molecule has 2 nitrogen and oxygen atoms in total. The van der Waals surface area contributed by atoms with Gasteiger partial charge in [-0.05, 0) is 62.5 Å². The van der Waals surface area contributed by atoms with E-state index in [9.17, 15) is 0 Å². The van der Waals surface area contributed by atoms with Gasteiger partial charge in [0, 0.05) is 23.5 Å². The Bertz CT molecular complexity index is 622. The van der Waals surface area contributed by atoms with Crippen LogP contribution in [0.2, 0.25) is 0 Å². The van der Waals surface area contributed by atoms with Crippen molar-refractivity contribution in [1.29, 1.82) is 0 Å². The highest BCUT2D eigenvalue weighted by molar-refractivity contribution is 5.79. The molecule has 1 saturated carbocycles. The molecule has 0 bridgehead atoms. The zero-order chi connectivity index (χ0) is 14.1. The molecule has 2 heterocycles. The van der Waals surface area contributed by atoms with E-state index in [0.717, 1.165) is 6.54 Å². The van der Waals surface area contributed by atoms with Gasteiger partial charge < -0.3 is 0 Å². The zero-order valence-corrected chi connectivity index (χ0v) is 12.7. The SMILES string of the molecule is c1cc2nc(C3CCCC3)ccc2cc1CN1CCCC1. The Labute approximate surface area is 127 Å². The lowest BCUT2D eigenvalue weighted by Crippen LogP contribution is -2.18. The summed E-state index contributed by atoms with van der Waals surface area (Å²) in [6.45, 7) is 3.62. The Morgan fingerprint density at radius 3 is 2.57 bits per heavy atom. The average molecular weight is 280 g/mol. The van der Waals surface area contributed by atoms with Crippen LogP contribution in [0, 0.1) is 0 Å². The van der Waals surface area contributed by atoms with E-state index in [1.807, 2.05) is 0 Å². The number of fused-ring (bicyclic) bond motifs is 1. The van der Waals surface area contributed by atoms with E-state index in [1.54, 1.807) is 0 Å². The van der Waals surface area contributed by atoms with Gasteiger partial charge in [-0.1, -0.05) is 25.0 Å². The summed E-state index contributed by atoms with van der Waals surface area (Å²) in [5, 5.41) is 1.30. The summed E-state index contributed by atoms with van der Waals surface area (Å²) in [5.41, 5.74) is 3.91. The molecule has 0 radical (unpaired) electrons. The number of benzene rings is 1. The third-order valence-electron chi connectivity index (χ3n) is 5.15. The molecule has 2 fully saturated rings. The van der Waals surface area contributed by atoms with Crippen LogP contribution in [0.25, 0.3) is 10.9 Å². The van der Waals surface area contributed by atoms with Gasteiger partial charge in [-0.2, -0.15) is 0 Å². The summed E-state index contributed by atoms with van der Waals surface area (Å²) in [6.07, 6.45) is 8.12. The van der Waals surface area contributed by atoms with Gasteiger partial charge in [-0.3, -0.25) is 9.88 Å². The molecule has 0 atom stereocenters. The highest BCUT2D eigenvalue weighted by atomic mass is 15.1. The summed E-state index contributed by atoms with van der Waals surface area (Å²) in [4.78, 5) is 7.47. The second-order valence-electron chi connectivity index (χ2n) is 6.73. The van der Waals surface area contributed by atoms with E-state index >= 15 is 0 Å². The number of nitrogens with zero attached hydrogens (tertiary/aromatic N) is 2. The molecular formula is C19H24N2. The highest BCUT2D eigenvalue weighted by Gasteiger charge is 2.18. The first-order valence-corrected chi connectivity index (χ1v) is 8.50. The normalized spacial score (nSPS) is 20.6. The maximum absolute atomic E-state index is 4.92. The third-order valence-corrected chi connectivity index (χ3v) is 5.15. The number of rotatable bonds is 3. The highest BCUT2D eigenvalue weighted by Crippen LogP contribution is 2.33. The number of aromatic nitrogens is 1. The lowest BCUT2D eigenvalue weighted by molar-refractivity contribution is 0.331. The van der Waals surface area contributed by atoms with Crippen LogP contribution < -0.4 is 0 Å². The van der Waals surface area contributed by atoms with Crippen molar-refractivity contribution in [2.24, 2.45) is 0 Å². The lowest BCUT2D eigenvalue weighted by Gasteiger charge is -2.15. The Morgan fingerprint density at radius 2 is 1.76 bits per heavy atom. The van der Waals surface area contributed by atoms with Crippen molar-refractivity contribution in [3.05, 3.63) is 41.6 Å². The standard InChI is InChI=1S/C19H24N2/c1-2-6-16(5-1)18-10-8-17-13-15(7-9-19(17)20-18)14-21-11-3-4-12-21/h7-10,13,16H,1-6,11-12,14H2. The van der Waals surface area contributed by atoms with E-state index in [-0.39, 0.29) is 0 Å². The van der Waals surface area contributed by atoms with Gasteiger partial charge in [0.25, 0.3) is 0 Å². The second kappa shape index (κ2) is 5.76. The average Bonchev–Trinajstić information content (AvgIpc) is 3.20. The molecule has 0 amide bonds. The van der Waals surface area contributed by atoms with Crippen molar-refractivity contribution in [2.45, 2.75) is 51.0 Å². The van der Waals surface area contributed by atoms with Crippen LogP contribution in [0.15, 0.2) is 30.3 Å².